The largest absolute Gasteiger partial charge is 0.496 e. The minimum atomic E-state index is -0.924. The number of urea groups is 1. The van der Waals surface area contributed by atoms with Crippen LogP contribution in [0.5, 0.6) is 5.75 Å². The van der Waals surface area contributed by atoms with Gasteiger partial charge in [-0.3, -0.25) is 4.79 Å². The zero-order valence-electron chi connectivity index (χ0n) is 12.3. The van der Waals surface area contributed by atoms with Crippen molar-refractivity contribution in [2.24, 2.45) is 0 Å². The summed E-state index contributed by atoms with van der Waals surface area (Å²) in [5.41, 5.74) is 0.961. The number of nitrogens with zero attached hydrogens (tertiary/aromatic N) is 1. The van der Waals surface area contributed by atoms with Gasteiger partial charge in [-0.2, -0.15) is 0 Å². The first-order chi connectivity index (χ1) is 10.5. The van der Waals surface area contributed by atoms with E-state index < -0.39 is 5.97 Å². The Morgan fingerprint density at radius 1 is 1.50 bits per heavy atom. The number of hydrogen-bond donors (Lipinski definition) is 2. The molecule has 1 aliphatic rings. The summed E-state index contributed by atoms with van der Waals surface area (Å²) < 4.78 is 6.33. The lowest BCUT2D eigenvalue weighted by Gasteiger charge is -2.26. The van der Waals surface area contributed by atoms with Gasteiger partial charge in [0.1, 0.15) is 5.75 Å². The van der Waals surface area contributed by atoms with Crippen molar-refractivity contribution in [1.82, 2.24) is 10.2 Å². The number of ether oxygens (including phenoxy) is 1. The van der Waals surface area contributed by atoms with Crippen LogP contribution >= 0.6 is 15.9 Å². The minimum Gasteiger partial charge on any atom is -0.496 e. The lowest BCUT2D eigenvalue weighted by atomic mass is 10.0. The molecule has 1 aromatic rings. The maximum atomic E-state index is 12.3. The SMILES string of the molecule is COc1ccc(Br)cc1C1CCCN1C(=O)NCCC(=O)O. The van der Waals surface area contributed by atoms with E-state index in [1.54, 1.807) is 12.0 Å². The van der Waals surface area contributed by atoms with Gasteiger partial charge in [-0.25, -0.2) is 4.79 Å². The third-order valence-electron chi connectivity index (χ3n) is 3.68. The molecule has 6 nitrogen and oxygen atoms in total. The molecular weight excluding hydrogens is 352 g/mol. The van der Waals surface area contributed by atoms with E-state index in [1.165, 1.54) is 0 Å². The lowest BCUT2D eigenvalue weighted by molar-refractivity contribution is -0.136. The summed E-state index contributed by atoms with van der Waals surface area (Å²) in [5, 5.41) is 11.3. The Bertz CT molecular complexity index is 564. The summed E-state index contributed by atoms with van der Waals surface area (Å²) in [5.74, 6) is -0.176. The third kappa shape index (κ3) is 3.91. The highest BCUT2D eigenvalue weighted by atomic mass is 79.9. The monoisotopic (exact) mass is 370 g/mol. The summed E-state index contributed by atoms with van der Waals surface area (Å²) in [6.45, 7) is 0.784. The van der Waals surface area contributed by atoms with Crippen LogP contribution in [0.15, 0.2) is 22.7 Å². The van der Waals surface area contributed by atoms with E-state index in [0.29, 0.717) is 6.54 Å². The van der Waals surface area contributed by atoms with E-state index in [4.69, 9.17) is 9.84 Å². The number of aliphatic carboxylic acids is 1. The molecule has 1 heterocycles. The fourth-order valence-electron chi connectivity index (χ4n) is 2.68. The van der Waals surface area contributed by atoms with Crippen LogP contribution < -0.4 is 10.1 Å². The number of halogens is 1. The number of carbonyl (C=O) groups is 2. The molecule has 2 amide bonds. The number of likely N-dealkylation sites (tertiary alicyclic amines) is 1. The molecule has 22 heavy (non-hydrogen) atoms. The highest BCUT2D eigenvalue weighted by molar-refractivity contribution is 9.10. The van der Waals surface area contributed by atoms with E-state index in [1.807, 2.05) is 18.2 Å². The second-order valence-electron chi connectivity index (χ2n) is 5.11. The molecular formula is C15H19BrN2O4. The lowest BCUT2D eigenvalue weighted by Crippen LogP contribution is -2.40. The van der Waals surface area contributed by atoms with Gasteiger partial charge in [-0.15, -0.1) is 0 Å². The number of amides is 2. The highest BCUT2D eigenvalue weighted by Gasteiger charge is 2.31. The van der Waals surface area contributed by atoms with Crippen LogP contribution in [0, 0.1) is 0 Å². The van der Waals surface area contributed by atoms with Crippen LogP contribution in [0.3, 0.4) is 0 Å². The van der Waals surface area contributed by atoms with Crippen molar-refractivity contribution in [2.75, 3.05) is 20.2 Å². The number of carboxylic acids is 1. The molecule has 0 bridgehead atoms. The van der Waals surface area contributed by atoms with Crippen molar-refractivity contribution in [3.63, 3.8) is 0 Å². The molecule has 1 fully saturated rings. The van der Waals surface area contributed by atoms with Gasteiger partial charge in [-0.05, 0) is 31.0 Å². The van der Waals surface area contributed by atoms with Gasteiger partial charge in [0.25, 0.3) is 0 Å². The number of benzene rings is 1. The average Bonchev–Trinajstić information content (AvgIpc) is 2.96. The summed E-state index contributed by atoms with van der Waals surface area (Å²) in [6, 6.07) is 5.45. The Morgan fingerprint density at radius 2 is 2.27 bits per heavy atom. The predicted molar refractivity (Wildman–Crippen MR) is 85.0 cm³/mol. The summed E-state index contributed by atoms with van der Waals surface area (Å²) in [6.07, 6.45) is 1.69. The number of hydrogen-bond acceptors (Lipinski definition) is 3. The van der Waals surface area contributed by atoms with Crippen LogP contribution in [0.25, 0.3) is 0 Å². The number of carbonyl (C=O) groups excluding carboxylic acids is 1. The molecule has 1 aromatic carbocycles. The molecule has 2 rings (SSSR count). The van der Waals surface area contributed by atoms with Gasteiger partial charge in [0.2, 0.25) is 0 Å². The Kier molecular flexibility index (Phi) is 5.65. The van der Waals surface area contributed by atoms with Gasteiger partial charge >= 0.3 is 12.0 Å². The van der Waals surface area contributed by atoms with Crippen LogP contribution in [-0.2, 0) is 4.79 Å². The first-order valence-electron chi connectivity index (χ1n) is 7.12. The van der Waals surface area contributed by atoms with Crippen LogP contribution in [0.2, 0.25) is 0 Å². The molecule has 0 saturated carbocycles. The van der Waals surface area contributed by atoms with Gasteiger partial charge in [0.15, 0.2) is 0 Å². The molecule has 2 N–H and O–H groups in total. The van der Waals surface area contributed by atoms with Crippen molar-refractivity contribution in [2.45, 2.75) is 25.3 Å². The summed E-state index contributed by atoms with van der Waals surface area (Å²) >= 11 is 3.45. The molecule has 0 radical (unpaired) electrons. The summed E-state index contributed by atoms with van der Waals surface area (Å²) in [7, 11) is 1.61. The number of methoxy groups -OCH3 is 1. The Labute approximate surface area is 137 Å². The van der Waals surface area contributed by atoms with E-state index in [-0.39, 0.29) is 25.0 Å². The molecule has 1 atom stereocenters. The van der Waals surface area contributed by atoms with Crippen molar-refractivity contribution in [1.29, 1.82) is 0 Å². The van der Waals surface area contributed by atoms with Crippen molar-refractivity contribution in [3.8, 4) is 5.75 Å². The number of carboxylic acid groups (broad SMARTS) is 1. The first-order valence-corrected chi connectivity index (χ1v) is 7.92. The van der Waals surface area contributed by atoms with E-state index in [0.717, 1.165) is 28.6 Å². The zero-order valence-corrected chi connectivity index (χ0v) is 13.9. The van der Waals surface area contributed by atoms with Gasteiger partial charge in [0, 0.05) is 23.1 Å². The smallest absolute Gasteiger partial charge is 0.317 e. The molecule has 1 aliphatic heterocycles. The molecule has 7 heteroatoms. The second-order valence-corrected chi connectivity index (χ2v) is 6.03. The topological polar surface area (TPSA) is 78.9 Å². The maximum Gasteiger partial charge on any atom is 0.317 e. The predicted octanol–water partition coefficient (Wildman–Crippen LogP) is 2.78. The minimum absolute atomic E-state index is 0.0581. The third-order valence-corrected chi connectivity index (χ3v) is 4.17. The molecule has 0 aliphatic carbocycles. The Balaban J connectivity index is 2.11. The van der Waals surface area contributed by atoms with Crippen molar-refractivity contribution in [3.05, 3.63) is 28.2 Å². The van der Waals surface area contributed by atoms with Crippen molar-refractivity contribution >= 4 is 27.9 Å². The van der Waals surface area contributed by atoms with E-state index in [9.17, 15) is 9.59 Å². The number of rotatable bonds is 5. The Morgan fingerprint density at radius 3 is 2.95 bits per heavy atom. The molecule has 1 unspecified atom stereocenters. The number of nitrogens with one attached hydrogen (secondary N) is 1. The Hall–Kier alpha value is -1.76. The highest BCUT2D eigenvalue weighted by Crippen LogP contribution is 2.38. The van der Waals surface area contributed by atoms with Crippen LogP contribution in [0.1, 0.15) is 30.9 Å². The second kappa shape index (κ2) is 7.49. The van der Waals surface area contributed by atoms with Crippen molar-refractivity contribution < 1.29 is 19.4 Å². The molecule has 1 saturated heterocycles. The molecule has 0 spiro atoms. The van der Waals surface area contributed by atoms with Gasteiger partial charge < -0.3 is 20.1 Å². The zero-order chi connectivity index (χ0) is 16.1. The fourth-order valence-corrected chi connectivity index (χ4v) is 3.06. The van der Waals surface area contributed by atoms with Gasteiger partial charge in [0.05, 0.1) is 19.6 Å². The first kappa shape index (κ1) is 16.6. The molecule has 120 valence electrons. The quantitative estimate of drug-likeness (QED) is 0.834. The standard InChI is InChI=1S/C15H19BrN2O4/c1-22-13-5-4-10(16)9-11(13)12-3-2-8-18(12)15(21)17-7-6-14(19)20/h4-5,9,12H,2-3,6-8H2,1H3,(H,17,21)(H,19,20). The van der Waals surface area contributed by atoms with Crippen LogP contribution in [0.4, 0.5) is 4.79 Å². The normalized spacial score (nSPS) is 17.4. The van der Waals surface area contributed by atoms with Gasteiger partial charge in [-0.1, -0.05) is 15.9 Å². The average molecular weight is 371 g/mol. The maximum absolute atomic E-state index is 12.3. The van der Waals surface area contributed by atoms with E-state index in [2.05, 4.69) is 21.2 Å². The molecule has 0 aromatic heterocycles. The van der Waals surface area contributed by atoms with E-state index >= 15 is 0 Å². The summed E-state index contributed by atoms with van der Waals surface area (Å²) in [4.78, 5) is 24.5. The fraction of sp³-hybridized carbons (Fsp3) is 0.467. The van der Waals surface area contributed by atoms with Crippen LogP contribution in [-0.4, -0.2) is 42.2 Å².